The van der Waals surface area contributed by atoms with E-state index in [0.717, 1.165) is 17.3 Å². The Labute approximate surface area is 104 Å². The van der Waals surface area contributed by atoms with Crippen LogP contribution in [0.1, 0.15) is 21.5 Å². The molecule has 0 spiro atoms. The summed E-state index contributed by atoms with van der Waals surface area (Å²) in [5.74, 6) is -1.09. The predicted molar refractivity (Wildman–Crippen MR) is 64.3 cm³/mol. The van der Waals surface area contributed by atoms with Gasteiger partial charge in [0.25, 0.3) is 5.91 Å². The van der Waals surface area contributed by atoms with Crippen LogP contribution in [0.5, 0.6) is 0 Å². The highest BCUT2D eigenvalue weighted by atomic mass is 19.1. The first kappa shape index (κ1) is 12.2. The van der Waals surface area contributed by atoms with Gasteiger partial charge in [-0.05, 0) is 30.2 Å². The fourth-order valence-electron chi connectivity index (χ4n) is 1.51. The maximum absolute atomic E-state index is 13.3. The second-order valence-corrected chi connectivity index (χ2v) is 3.84. The first-order valence-electron chi connectivity index (χ1n) is 5.45. The van der Waals surface area contributed by atoms with Gasteiger partial charge in [0.2, 0.25) is 0 Å². The molecule has 1 N–H and O–H groups in total. The van der Waals surface area contributed by atoms with Crippen molar-refractivity contribution < 1.29 is 9.18 Å². The van der Waals surface area contributed by atoms with E-state index in [0.29, 0.717) is 6.54 Å². The molecule has 0 saturated heterocycles. The molecule has 2 aromatic heterocycles. The topological polar surface area (TPSA) is 54.9 Å². The molecular weight excluding hydrogens is 233 g/mol. The molecule has 0 fully saturated rings. The van der Waals surface area contributed by atoms with Gasteiger partial charge in [0.05, 0.1) is 11.8 Å². The van der Waals surface area contributed by atoms with Crippen molar-refractivity contribution in [1.29, 1.82) is 0 Å². The number of amides is 1. The molecule has 92 valence electrons. The fourth-order valence-corrected chi connectivity index (χ4v) is 1.51. The second kappa shape index (κ2) is 5.35. The van der Waals surface area contributed by atoms with Gasteiger partial charge >= 0.3 is 0 Å². The number of nitrogens with one attached hydrogen (secondary N) is 1. The van der Waals surface area contributed by atoms with Crippen LogP contribution in [-0.2, 0) is 6.54 Å². The number of carbonyl (C=O) groups excluding carboxylic acids is 1. The maximum Gasteiger partial charge on any atom is 0.254 e. The third-order valence-electron chi connectivity index (χ3n) is 2.60. The van der Waals surface area contributed by atoms with Crippen LogP contribution in [0.2, 0.25) is 0 Å². The quantitative estimate of drug-likeness (QED) is 0.897. The average Bonchev–Trinajstić information content (AvgIpc) is 2.38. The maximum atomic E-state index is 13.3. The van der Waals surface area contributed by atoms with Gasteiger partial charge in [-0.3, -0.25) is 14.8 Å². The summed E-state index contributed by atoms with van der Waals surface area (Å²) in [4.78, 5) is 19.3. The van der Waals surface area contributed by atoms with Gasteiger partial charge in [-0.1, -0.05) is 0 Å². The number of nitrogens with zero attached hydrogens (tertiary/aromatic N) is 2. The molecule has 5 heteroatoms. The lowest BCUT2D eigenvalue weighted by molar-refractivity contribution is 0.0946. The summed E-state index contributed by atoms with van der Waals surface area (Å²) >= 11 is 0. The van der Waals surface area contributed by atoms with E-state index in [4.69, 9.17) is 0 Å². The molecule has 0 aliphatic heterocycles. The number of halogens is 1. The molecule has 2 aromatic rings. The van der Waals surface area contributed by atoms with E-state index in [1.807, 2.05) is 13.0 Å². The average molecular weight is 245 g/mol. The van der Waals surface area contributed by atoms with Gasteiger partial charge < -0.3 is 5.32 Å². The summed E-state index contributed by atoms with van der Waals surface area (Å²) in [6.07, 6.45) is 5.76. The molecule has 0 aliphatic rings. The highest BCUT2D eigenvalue weighted by Crippen LogP contribution is 2.07. The highest BCUT2D eigenvalue weighted by Gasteiger charge is 2.11. The Morgan fingerprint density at radius 2 is 2.00 bits per heavy atom. The smallest absolute Gasteiger partial charge is 0.254 e. The van der Waals surface area contributed by atoms with Gasteiger partial charge in [0.15, 0.2) is 5.82 Å². The normalized spacial score (nSPS) is 10.1. The van der Waals surface area contributed by atoms with Crippen molar-refractivity contribution in [3.63, 3.8) is 0 Å². The van der Waals surface area contributed by atoms with Crippen molar-refractivity contribution in [2.24, 2.45) is 0 Å². The molecule has 0 bridgehead atoms. The second-order valence-electron chi connectivity index (χ2n) is 3.84. The summed E-state index contributed by atoms with van der Waals surface area (Å²) < 4.78 is 13.3. The van der Waals surface area contributed by atoms with Crippen molar-refractivity contribution in [3.8, 4) is 0 Å². The zero-order valence-corrected chi connectivity index (χ0v) is 9.85. The Bertz CT molecular complexity index is 572. The van der Waals surface area contributed by atoms with Gasteiger partial charge in [0, 0.05) is 25.1 Å². The number of hydrogen-bond acceptors (Lipinski definition) is 3. The van der Waals surface area contributed by atoms with Gasteiger partial charge in [-0.15, -0.1) is 0 Å². The molecule has 0 aliphatic carbocycles. The van der Waals surface area contributed by atoms with Crippen LogP contribution >= 0.6 is 0 Å². The fraction of sp³-hybridized carbons (Fsp3) is 0.154. The van der Waals surface area contributed by atoms with E-state index in [9.17, 15) is 9.18 Å². The summed E-state index contributed by atoms with van der Waals surface area (Å²) in [6, 6.07) is 3.20. The van der Waals surface area contributed by atoms with Crippen molar-refractivity contribution in [2.45, 2.75) is 13.5 Å². The third-order valence-corrected chi connectivity index (χ3v) is 2.60. The lowest BCUT2D eigenvalue weighted by atomic mass is 10.1. The van der Waals surface area contributed by atoms with Crippen LogP contribution in [0.4, 0.5) is 4.39 Å². The Morgan fingerprint density at radius 3 is 2.72 bits per heavy atom. The molecule has 0 aromatic carbocycles. The minimum atomic E-state index is -0.627. The van der Waals surface area contributed by atoms with E-state index in [1.165, 1.54) is 12.3 Å². The van der Waals surface area contributed by atoms with Crippen LogP contribution in [0, 0.1) is 12.7 Å². The molecule has 0 atom stereocenters. The van der Waals surface area contributed by atoms with E-state index < -0.39 is 11.7 Å². The minimum Gasteiger partial charge on any atom is -0.348 e. The lowest BCUT2D eigenvalue weighted by Gasteiger charge is -2.07. The third kappa shape index (κ3) is 2.68. The number of rotatable bonds is 3. The largest absolute Gasteiger partial charge is 0.348 e. The molecule has 0 radical (unpaired) electrons. The van der Waals surface area contributed by atoms with Gasteiger partial charge in [-0.2, -0.15) is 0 Å². The summed E-state index contributed by atoms with van der Waals surface area (Å²) in [6.45, 7) is 2.25. The molecule has 0 saturated carbocycles. The summed E-state index contributed by atoms with van der Waals surface area (Å²) in [5, 5.41) is 2.65. The Balaban J connectivity index is 2.06. The number of carbonyl (C=O) groups is 1. The first-order chi connectivity index (χ1) is 8.68. The van der Waals surface area contributed by atoms with Gasteiger partial charge in [-0.25, -0.2) is 4.39 Å². The van der Waals surface area contributed by atoms with Crippen molar-refractivity contribution in [1.82, 2.24) is 15.3 Å². The van der Waals surface area contributed by atoms with Crippen molar-refractivity contribution in [3.05, 3.63) is 59.4 Å². The monoisotopic (exact) mass is 245 g/mol. The molecule has 0 unspecified atom stereocenters. The zero-order chi connectivity index (χ0) is 13.0. The minimum absolute atomic E-state index is 0.00783. The Hall–Kier alpha value is -2.30. The predicted octanol–water partition coefficient (Wildman–Crippen LogP) is 1.85. The number of aromatic nitrogens is 2. The van der Waals surface area contributed by atoms with Crippen molar-refractivity contribution in [2.75, 3.05) is 0 Å². The lowest BCUT2D eigenvalue weighted by Crippen LogP contribution is -2.24. The van der Waals surface area contributed by atoms with Crippen LogP contribution in [-0.4, -0.2) is 15.9 Å². The number of aryl methyl sites for hydroxylation is 1. The molecule has 2 rings (SSSR count). The molecule has 4 nitrogen and oxygen atoms in total. The van der Waals surface area contributed by atoms with Crippen LogP contribution in [0.3, 0.4) is 0 Å². The van der Waals surface area contributed by atoms with Crippen LogP contribution < -0.4 is 5.32 Å². The van der Waals surface area contributed by atoms with Gasteiger partial charge in [0.1, 0.15) is 0 Å². The summed E-state index contributed by atoms with van der Waals surface area (Å²) in [5.41, 5.74) is 1.92. The van der Waals surface area contributed by atoms with E-state index in [-0.39, 0.29) is 5.56 Å². The Morgan fingerprint density at radius 1 is 1.28 bits per heavy atom. The standard InChI is InChI=1S/C13H12FN3O/c1-9-2-4-15-6-10(9)7-17-13(18)11-3-5-16-8-12(11)14/h2-6,8H,7H2,1H3,(H,17,18). The van der Waals surface area contributed by atoms with E-state index in [2.05, 4.69) is 15.3 Å². The van der Waals surface area contributed by atoms with Crippen LogP contribution in [0.25, 0.3) is 0 Å². The zero-order valence-electron chi connectivity index (χ0n) is 9.85. The molecule has 18 heavy (non-hydrogen) atoms. The van der Waals surface area contributed by atoms with Crippen LogP contribution in [0.15, 0.2) is 36.9 Å². The Kier molecular flexibility index (Phi) is 3.62. The highest BCUT2D eigenvalue weighted by molar-refractivity contribution is 5.94. The SMILES string of the molecule is Cc1ccncc1CNC(=O)c1ccncc1F. The molecule has 1 amide bonds. The first-order valence-corrected chi connectivity index (χ1v) is 5.45. The van der Waals surface area contributed by atoms with Crippen molar-refractivity contribution >= 4 is 5.91 Å². The number of pyridine rings is 2. The van der Waals surface area contributed by atoms with E-state index >= 15 is 0 Å². The molecule has 2 heterocycles. The number of hydrogen-bond donors (Lipinski definition) is 1. The molecular formula is C13H12FN3O. The van der Waals surface area contributed by atoms with E-state index in [1.54, 1.807) is 12.4 Å². The summed E-state index contributed by atoms with van der Waals surface area (Å²) in [7, 11) is 0.